The fourth-order valence-corrected chi connectivity index (χ4v) is 3.05. The van der Waals surface area contributed by atoms with Crippen molar-refractivity contribution in [2.75, 3.05) is 19.5 Å². The molecule has 0 unspecified atom stereocenters. The molecular weight excluding hydrogens is 328 g/mol. The molecule has 126 valence electrons. The van der Waals surface area contributed by atoms with Crippen LogP contribution >= 0.6 is 11.3 Å². The average Bonchev–Trinajstić information content (AvgIpc) is 2.93. The lowest BCUT2D eigenvalue weighted by molar-refractivity contribution is -0.111. The zero-order valence-corrected chi connectivity index (χ0v) is 14.4. The lowest BCUT2D eigenvalue weighted by Gasteiger charge is -2.06. The smallest absolute Gasteiger partial charge is 0.251 e. The molecule has 0 atom stereocenters. The van der Waals surface area contributed by atoms with Crippen LogP contribution in [0.25, 0.3) is 6.08 Å². The molecule has 7 heteroatoms. The van der Waals surface area contributed by atoms with Gasteiger partial charge in [-0.25, -0.2) is 0 Å². The van der Waals surface area contributed by atoms with Gasteiger partial charge in [0.2, 0.25) is 5.91 Å². The van der Waals surface area contributed by atoms with E-state index in [0.29, 0.717) is 22.1 Å². The summed E-state index contributed by atoms with van der Waals surface area (Å²) in [7, 11) is 3.11. The molecule has 0 saturated carbocycles. The van der Waals surface area contributed by atoms with Crippen LogP contribution in [-0.2, 0) is 4.79 Å². The van der Waals surface area contributed by atoms with Crippen LogP contribution in [0.4, 0.5) is 5.00 Å². The van der Waals surface area contributed by atoms with Gasteiger partial charge in [0.15, 0.2) is 0 Å². The van der Waals surface area contributed by atoms with Crippen LogP contribution in [0.1, 0.15) is 21.5 Å². The molecular formula is C17H18N2O4S. The van der Waals surface area contributed by atoms with Gasteiger partial charge in [-0.3, -0.25) is 9.59 Å². The second kappa shape index (κ2) is 7.65. The standard InChI is InChI=1S/C17H18N2O4S/c1-10-9-24-17(15(10)16(18)21)19-14(20)5-4-11-6-12(22-2)8-13(7-11)23-3/h4-9H,1-3H3,(H2,18,21)(H,19,20)/b5-4+. The van der Waals surface area contributed by atoms with E-state index in [2.05, 4.69) is 5.32 Å². The van der Waals surface area contributed by atoms with Gasteiger partial charge in [-0.05, 0) is 41.6 Å². The van der Waals surface area contributed by atoms with Crippen LogP contribution < -0.4 is 20.5 Å². The largest absolute Gasteiger partial charge is 0.497 e. The van der Waals surface area contributed by atoms with E-state index >= 15 is 0 Å². The number of nitrogens with one attached hydrogen (secondary N) is 1. The van der Waals surface area contributed by atoms with E-state index in [4.69, 9.17) is 15.2 Å². The minimum Gasteiger partial charge on any atom is -0.497 e. The van der Waals surface area contributed by atoms with Crippen molar-refractivity contribution >= 4 is 34.2 Å². The highest BCUT2D eigenvalue weighted by Crippen LogP contribution is 2.27. The lowest BCUT2D eigenvalue weighted by atomic mass is 10.2. The second-order valence-electron chi connectivity index (χ2n) is 4.96. The molecule has 2 aromatic rings. The quantitative estimate of drug-likeness (QED) is 0.787. The zero-order chi connectivity index (χ0) is 17.7. The number of hydrogen-bond acceptors (Lipinski definition) is 5. The third-order valence-electron chi connectivity index (χ3n) is 3.26. The molecule has 0 radical (unpaired) electrons. The number of carbonyl (C=O) groups excluding carboxylic acids is 2. The maximum absolute atomic E-state index is 12.1. The third-order valence-corrected chi connectivity index (χ3v) is 4.27. The third kappa shape index (κ3) is 4.14. The van der Waals surface area contributed by atoms with E-state index < -0.39 is 5.91 Å². The number of ether oxygens (including phenoxy) is 2. The van der Waals surface area contributed by atoms with E-state index in [-0.39, 0.29) is 5.91 Å². The van der Waals surface area contributed by atoms with Crippen molar-refractivity contribution in [1.29, 1.82) is 0 Å². The Bertz CT molecular complexity index is 774. The molecule has 2 amide bonds. The second-order valence-corrected chi connectivity index (χ2v) is 5.84. The lowest BCUT2D eigenvalue weighted by Crippen LogP contribution is -2.16. The maximum Gasteiger partial charge on any atom is 0.251 e. The van der Waals surface area contributed by atoms with E-state index in [9.17, 15) is 9.59 Å². The Hall–Kier alpha value is -2.80. The highest BCUT2D eigenvalue weighted by Gasteiger charge is 2.15. The van der Waals surface area contributed by atoms with Gasteiger partial charge in [0.25, 0.3) is 5.91 Å². The first-order valence-corrected chi connectivity index (χ1v) is 7.92. The number of primary amides is 1. The Kier molecular flexibility index (Phi) is 5.59. The number of anilines is 1. The Balaban J connectivity index is 2.15. The molecule has 1 aromatic heterocycles. The molecule has 6 nitrogen and oxygen atoms in total. The first-order chi connectivity index (χ1) is 11.4. The van der Waals surface area contributed by atoms with Crippen molar-refractivity contribution in [3.8, 4) is 11.5 Å². The number of nitrogens with two attached hydrogens (primary N) is 1. The number of hydrogen-bond donors (Lipinski definition) is 2. The number of methoxy groups -OCH3 is 2. The van der Waals surface area contributed by atoms with Crippen molar-refractivity contribution < 1.29 is 19.1 Å². The van der Waals surface area contributed by atoms with Crippen molar-refractivity contribution in [1.82, 2.24) is 0 Å². The van der Waals surface area contributed by atoms with Gasteiger partial charge in [-0.1, -0.05) is 0 Å². The molecule has 0 fully saturated rings. The normalized spacial score (nSPS) is 10.6. The predicted octanol–water partition coefficient (Wildman–Crippen LogP) is 2.82. The molecule has 24 heavy (non-hydrogen) atoms. The summed E-state index contributed by atoms with van der Waals surface area (Å²) in [4.78, 5) is 23.5. The molecule has 1 aromatic carbocycles. The molecule has 0 aliphatic rings. The molecule has 0 aliphatic heterocycles. The Morgan fingerprint density at radius 2 is 1.79 bits per heavy atom. The SMILES string of the molecule is COc1cc(/C=C/C(=O)Nc2scc(C)c2C(N)=O)cc(OC)c1. The number of amides is 2. The summed E-state index contributed by atoms with van der Waals surface area (Å²) in [6.07, 6.45) is 3.00. The van der Waals surface area contributed by atoms with Crippen LogP contribution in [0.3, 0.4) is 0 Å². The van der Waals surface area contributed by atoms with E-state index in [1.165, 1.54) is 17.4 Å². The van der Waals surface area contributed by atoms with Crippen molar-refractivity contribution in [2.24, 2.45) is 5.73 Å². The van der Waals surface area contributed by atoms with E-state index in [1.54, 1.807) is 50.8 Å². The Morgan fingerprint density at radius 1 is 1.17 bits per heavy atom. The molecule has 2 rings (SSSR count). The summed E-state index contributed by atoms with van der Waals surface area (Å²) in [5, 5.41) is 4.88. The molecule has 1 heterocycles. The fourth-order valence-electron chi connectivity index (χ4n) is 2.09. The van der Waals surface area contributed by atoms with E-state index in [1.807, 2.05) is 0 Å². The van der Waals surface area contributed by atoms with Crippen LogP contribution in [0.5, 0.6) is 11.5 Å². The van der Waals surface area contributed by atoms with Crippen LogP contribution in [-0.4, -0.2) is 26.0 Å². The summed E-state index contributed by atoms with van der Waals surface area (Å²) >= 11 is 1.26. The van der Waals surface area contributed by atoms with Gasteiger partial charge >= 0.3 is 0 Å². The predicted molar refractivity (Wildman–Crippen MR) is 94.8 cm³/mol. The van der Waals surface area contributed by atoms with Gasteiger partial charge in [0.05, 0.1) is 19.8 Å². The number of benzene rings is 1. The Labute approximate surface area is 143 Å². The fraction of sp³-hybridized carbons (Fsp3) is 0.176. The molecule has 0 bridgehead atoms. The number of aryl methyl sites for hydroxylation is 1. The van der Waals surface area contributed by atoms with E-state index in [0.717, 1.165) is 11.1 Å². The summed E-state index contributed by atoms with van der Waals surface area (Å²) in [6, 6.07) is 5.29. The molecule has 0 saturated heterocycles. The minimum atomic E-state index is -0.564. The van der Waals surface area contributed by atoms with Crippen LogP contribution in [0.15, 0.2) is 29.7 Å². The molecule has 0 aliphatic carbocycles. The Morgan fingerprint density at radius 3 is 2.33 bits per heavy atom. The summed E-state index contributed by atoms with van der Waals surface area (Å²) < 4.78 is 10.4. The number of thiophene rings is 1. The molecule has 0 spiro atoms. The number of carbonyl (C=O) groups is 2. The van der Waals surface area contributed by atoms with Gasteiger partial charge in [0.1, 0.15) is 16.5 Å². The summed E-state index contributed by atoms with van der Waals surface area (Å²) in [6.45, 7) is 1.77. The zero-order valence-electron chi connectivity index (χ0n) is 13.6. The first kappa shape index (κ1) is 17.6. The summed E-state index contributed by atoms with van der Waals surface area (Å²) in [5.41, 5.74) is 7.16. The number of rotatable bonds is 6. The average molecular weight is 346 g/mol. The van der Waals surface area contributed by atoms with Gasteiger partial charge in [-0.15, -0.1) is 11.3 Å². The van der Waals surface area contributed by atoms with Gasteiger partial charge in [-0.2, -0.15) is 0 Å². The first-order valence-electron chi connectivity index (χ1n) is 7.04. The summed E-state index contributed by atoms with van der Waals surface area (Å²) in [5.74, 6) is 0.324. The van der Waals surface area contributed by atoms with Crippen molar-refractivity contribution in [3.05, 3.63) is 46.3 Å². The monoisotopic (exact) mass is 346 g/mol. The van der Waals surface area contributed by atoms with Crippen molar-refractivity contribution in [2.45, 2.75) is 6.92 Å². The highest BCUT2D eigenvalue weighted by molar-refractivity contribution is 7.15. The van der Waals surface area contributed by atoms with Crippen LogP contribution in [0.2, 0.25) is 0 Å². The highest BCUT2D eigenvalue weighted by atomic mass is 32.1. The minimum absolute atomic E-state index is 0.338. The van der Waals surface area contributed by atoms with Crippen molar-refractivity contribution in [3.63, 3.8) is 0 Å². The van der Waals surface area contributed by atoms with Crippen LogP contribution in [0, 0.1) is 6.92 Å². The van der Waals surface area contributed by atoms with Gasteiger partial charge in [0, 0.05) is 12.1 Å². The van der Waals surface area contributed by atoms with Gasteiger partial charge < -0.3 is 20.5 Å². The maximum atomic E-state index is 12.1. The topological polar surface area (TPSA) is 90.6 Å². The molecule has 3 N–H and O–H groups in total.